The highest BCUT2D eigenvalue weighted by Gasteiger charge is 2.16. The van der Waals surface area contributed by atoms with E-state index in [1.54, 1.807) is 0 Å². The number of nitrogens with zero attached hydrogens (tertiary/aromatic N) is 2. The van der Waals surface area contributed by atoms with Crippen molar-refractivity contribution in [1.29, 1.82) is 5.26 Å². The van der Waals surface area contributed by atoms with Gasteiger partial charge in [-0.1, -0.05) is 30.3 Å². The number of carboxylic acids is 1. The smallest absolute Gasteiger partial charge is 0.304 e. The molecule has 1 rings (SSSR count). The molecule has 0 aliphatic rings. The van der Waals surface area contributed by atoms with E-state index in [1.165, 1.54) is 0 Å². The Bertz CT molecular complexity index is 398. The molecule has 0 saturated heterocycles. The Hall–Kier alpha value is -1.86. The molecule has 0 aromatic heterocycles. The Balaban J connectivity index is 2.66. The van der Waals surface area contributed by atoms with E-state index in [1.807, 2.05) is 42.2 Å². The second-order valence-corrected chi connectivity index (χ2v) is 4.00. The van der Waals surface area contributed by atoms with Crippen molar-refractivity contribution in [1.82, 2.24) is 4.90 Å². The highest BCUT2D eigenvalue weighted by molar-refractivity contribution is 5.67. The van der Waals surface area contributed by atoms with Gasteiger partial charge < -0.3 is 5.11 Å². The molecule has 0 fully saturated rings. The van der Waals surface area contributed by atoms with Crippen LogP contribution in [0.1, 0.15) is 18.9 Å². The minimum Gasteiger partial charge on any atom is -0.481 e. The average Bonchev–Trinajstić information content (AvgIpc) is 2.29. The number of benzene rings is 1. The summed E-state index contributed by atoms with van der Waals surface area (Å²) in [6, 6.07) is 11.7. The Morgan fingerprint density at radius 1 is 1.47 bits per heavy atom. The van der Waals surface area contributed by atoms with Crippen LogP contribution in [0.3, 0.4) is 0 Å². The molecule has 0 spiro atoms. The summed E-state index contributed by atoms with van der Waals surface area (Å²) in [5.74, 6) is -0.839. The lowest BCUT2D eigenvalue weighted by Gasteiger charge is -2.25. The fraction of sp³-hybridized carbons (Fsp3) is 0.385. The molecule has 0 aliphatic carbocycles. The van der Waals surface area contributed by atoms with Crippen molar-refractivity contribution < 1.29 is 9.90 Å². The third-order valence-electron chi connectivity index (χ3n) is 2.60. The highest BCUT2D eigenvalue weighted by Crippen LogP contribution is 2.10. The first-order chi connectivity index (χ1) is 8.13. The molecular formula is C13H16N2O2. The fourth-order valence-electron chi connectivity index (χ4n) is 1.66. The van der Waals surface area contributed by atoms with E-state index in [0.29, 0.717) is 6.54 Å². The van der Waals surface area contributed by atoms with Crippen molar-refractivity contribution in [2.24, 2.45) is 0 Å². The maximum atomic E-state index is 10.7. The summed E-state index contributed by atoms with van der Waals surface area (Å²) in [6.07, 6.45) is 0.0501. The quantitative estimate of drug-likeness (QED) is 0.760. The highest BCUT2D eigenvalue weighted by atomic mass is 16.4. The normalized spacial score (nSPS) is 12.1. The predicted octanol–water partition coefficient (Wildman–Crippen LogP) is 1.88. The van der Waals surface area contributed by atoms with Gasteiger partial charge in [0.25, 0.3) is 0 Å². The van der Waals surface area contributed by atoms with Crippen molar-refractivity contribution in [2.75, 3.05) is 6.54 Å². The van der Waals surface area contributed by atoms with Crippen molar-refractivity contribution >= 4 is 5.97 Å². The molecule has 1 N–H and O–H groups in total. The van der Waals surface area contributed by atoms with Crippen LogP contribution in [0.4, 0.5) is 0 Å². The zero-order valence-corrected chi connectivity index (χ0v) is 9.84. The largest absolute Gasteiger partial charge is 0.481 e. The van der Waals surface area contributed by atoms with E-state index in [4.69, 9.17) is 10.4 Å². The lowest BCUT2D eigenvalue weighted by Crippen LogP contribution is -2.34. The summed E-state index contributed by atoms with van der Waals surface area (Å²) in [7, 11) is 0. The standard InChI is InChI=1S/C13H16N2O2/c1-11(9-13(16)17)15(8-7-14)10-12-5-3-2-4-6-12/h2-6,11H,8-10H2,1H3,(H,16,17). The van der Waals surface area contributed by atoms with E-state index in [2.05, 4.69) is 6.07 Å². The van der Waals surface area contributed by atoms with E-state index in [0.717, 1.165) is 5.56 Å². The second-order valence-electron chi connectivity index (χ2n) is 4.00. The average molecular weight is 232 g/mol. The van der Waals surface area contributed by atoms with Crippen LogP contribution in [0.25, 0.3) is 0 Å². The molecule has 0 heterocycles. The molecule has 0 radical (unpaired) electrons. The number of nitriles is 1. The Kier molecular flexibility index (Phi) is 5.18. The summed E-state index contributed by atoms with van der Waals surface area (Å²) in [4.78, 5) is 12.5. The summed E-state index contributed by atoms with van der Waals surface area (Å²) >= 11 is 0. The summed E-state index contributed by atoms with van der Waals surface area (Å²) < 4.78 is 0. The third-order valence-corrected chi connectivity index (χ3v) is 2.60. The molecule has 0 amide bonds. The molecular weight excluding hydrogens is 216 g/mol. The molecule has 0 aliphatic heterocycles. The second kappa shape index (κ2) is 6.66. The van der Waals surface area contributed by atoms with Gasteiger partial charge in [-0.2, -0.15) is 5.26 Å². The number of carbonyl (C=O) groups is 1. The molecule has 17 heavy (non-hydrogen) atoms. The van der Waals surface area contributed by atoms with Gasteiger partial charge >= 0.3 is 5.97 Å². The van der Waals surface area contributed by atoms with Crippen LogP contribution in [0, 0.1) is 11.3 Å². The van der Waals surface area contributed by atoms with E-state index in [9.17, 15) is 4.79 Å². The van der Waals surface area contributed by atoms with E-state index < -0.39 is 5.97 Å². The maximum absolute atomic E-state index is 10.7. The Morgan fingerprint density at radius 2 is 2.12 bits per heavy atom. The van der Waals surface area contributed by atoms with E-state index >= 15 is 0 Å². The third kappa shape index (κ3) is 4.66. The van der Waals surface area contributed by atoms with Gasteiger partial charge in [-0.15, -0.1) is 0 Å². The number of hydrogen-bond acceptors (Lipinski definition) is 3. The van der Waals surface area contributed by atoms with Gasteiger partial charge in [0.15, 0.2) is 0 Å². The van der Waals surface area contributed by atoms with Crippen LogP contribution in [-0.4, -0.2) is 28.6 Å². The van der Waals surface area contributed by atoms with Crippen LogP contribution in [0.2, 0.25) is 0 Å². The topological polar surface area (TPSA) is 64.3 Å². The number of aliphatic carboxylic acids is 1. The lowest BCUT2D eigenvalue weighted by atomic mass is 10.1. The van der Waals surface area contributed by atoms with Gasteiger partial charge in [0.1, 0.15) is 0 Å². The zero-order chi connectivity index (χ0) is 12.7. The lowest BCUT2D eigenvalue weighted by molar-refractivity contribution is -0.138. The van der Waals surface area contributed by atoms with Gasteiger partial charge in [-0.3, -0.25) is 9.69 Å². The molecule has 4 nitrogen and oxygen atoms in total. The fourth-order valence-corrected chi connectivity index (χ4v) is 1.66. The molecule has 1 atom stereocenters. The van der Waals surface area contributed by atoms with Gasteiger partial charge in [-0.05, 0) is 12.5 Å². The molecule has 1 aromatic rings. The van der Waals surface area contributed by atoms with Crippen LogP contribution in [0.15, 0.2) is 30.3 Å². The minimum atomic E-state index is -0.839. The van der Waals surface area contributed by atoms with Gasteiger partial charge in [0, 0.05) is 12.6 Å². The number of carboxylic acid groups (broad SMARTS) is 1. The van der Waals surface area contributed by atoms with Crippen molar-refractivity contribution in [3.63, 3.8) is 0 Å². The minimum absolute atomic E-state index is 0.0501. The molecule has 1 unspecified atom stereocenters. The van der Waals surface area contributed by atoms with Gasteiger partial charge in [0.05, 0.1) is 19.0 Å². The first-order valence-electron chi connectivity index (χ1n) is 5.50. The number of rotatable bonds is 6. The molecule has 0 bridgehead atoms. The SMILES string of the molecule is CC(CC(=O)O)N(CC#N)Cc1ccccc1. The predicted molar refractivity (Wildman–Crippen MR) is 64.2 cm³/mol. The van der Waals surface area contributed by atoms with Crippen LogP contribution in [0.5, 0.6) is 0 Å². The molecule has 4 heteroatoms. The zero-order valence-electron chi connectivity index (χ0n) is 9.84. The molecule has 1 aromatic carbocycles. The first-order valence-corrected chi connectivity index (χ1v) is 5.50. The summed E-state index contributed by atoms with van der Waals surface area (Å²) in [6.45, 7) is 2.67. The van der Waals surface area contributed by atoms with Gasteiger partial charge in [0.2, 0.25) is 0 Å². The van der Waals surface area contributed by atoms with Gasteiger partial charge in [-0.25, -0.2) is 0 Å². The van der Waals surface area contributed by atoms with Crippen molar-refractivity contribution in [3.05, 3.63) is 35.9 Å². The Labute approximate surface area is 101 Å². The Morgan fingerprint density at radius 3 is 2.65 bits per heavy atom. The maximum Gasteiger partial charge on any atom is 0.304 e. The van der Waals surface area contributed by atoms with Crippen LogP contribution in [-0.2, 0) is 11.3 Å². The van der Waals surface area contributed by atoms with E-state index in [-0.39, 0.29) is 19.0 Å². The summed E-state index contributed by atoms with van der Waals surface area (Å²) in [5, 5.41) is 17.5. The van der Waals surface area contributed by atoms with Crippen molar-refractivity contribution in [3.8, 4) is 6.07 Å². The van der Waals surface area contributed by atoms with Crippen LogP contribution < -0.4 is 0 Å². The monoisotopic (exact) mass is 232 g/mol. The summed E-state index contributed by atoms with van der Waals surface area (Å²) in [5.41, 5.74) is 1.08. The molecule has 0 saturated carbocycles. The van der Waals surface area contributed by atoms with Crippen LogP contribution >= 0.6 is 0 Å². The van der Waals surface area contributed by atoms with Crippen molar-refractivity contribution in [2.45, 2.75) is 25.9 Å². The molecule has 90 valence electrons. The first kappa shape index (κ1) is 13.2. The number of hydrogen-bond donors (Lipinski definition) is 1.